The number of carbonyl (C=O) groups excluding carboxylic acids is 1. The van der Waals surface area contributed by atoms with Crippen molar-refractivity contribution < 1.29 is 19.7 Å². The third kappa shape index (κ3) is 2.67. The maximum absolute atomic E-state index is 11.1. The lowest BCUT2D eigenvalue weighted by Crippen LogP contribution is -2.33. The van der Waals surface area contributed by atoms with Crippen molar-refractivity contribution in [1.29, 1.82) is 0 Å². The van der Waals surface area contributed by atoms with Crippen molar-refractivity contribution in [2.45, 2.75) is 19.3 Å². The molecule has 0 aliphatic rings. The Morgan fingerprint density at radius 2 is 2.05 bits per heavy atom. The number of nitrogens with zero attached hydrogens (tertiary/aromatic N) is 1. The molecule has 0 saturated heterocycles. The van der Waals surface area contributed by atoms with E-state index in [0.29, 0.717) is 16.7 Å². The minimum Gasteiger partial charge on any atom is -0.426 e. The Kier molecular flexibility index (Phi) is 4.08. The molecular weight excluding hydrogens is 260 g/mol. The molecule has 1 aromatic heterocycles. The molecule has 20 heavy (non-hydrogen) atoms. The summed E-state index contributed by atoms with van der Waals surface area (Å²) in [6.45, 7) is 1.32. The predicted octanol–water partition coefficient (Wildman–Crippen LogP) is 1.01. The zero-order chi connectivity index (χ0) is 14.9. The molecule has 0 amide bonds. The number of aromatic amines is 1. The van der Waals surface area contributed by atoms with E-state index in [0.717, 1.165) is 5.52 Å². The van der Waals surface area contributed by atoms with Crippen LogP contribution in [0.25, 0.3) is 10.9 Å². The van der Waals surface area contributed by atoms with E-state index in [1.165, 1.54) is 11.8 Å². The highest BCUT2D eigenvalue weighted by Crippen LogP contribution is 2.33. The number of hydrogen-bond donors (Lipinski definition) is 3. The number of esters is 1. The molecule has 0 saturated carbocycles. The zero-order valence-electron chi connectivity index (χ0n) is 11.6. The number of ether oxygens (including phenoxy) is 1. The van der Waals surface area contributed by atoms with Crippen LogP contribution in [0.4, 0.5) is 0 Å². The van der Waals surface area contributed by atoms with Gasteiger partial charge in [0.15, 0.2) is 0 Å². The summed E-state index contributed by atoms with van der Waals surface area (Å²) in [5, 5.41) is 20.8. The van der Waals surface area contributed by atoms with E-state index in [1.54, 1.807) is 38.5 Å². The summed E-state index contributed by atoms with van der Waals surface area (Å²) >= 11 is 0. The number of aliphatic hydroxyl groups excluding tert-OH is 2. The maximum atomic E-state index is 11.1. The van der Waals surface area contributed by atoms with Gasteiger partial charge >= 0.3 is 5.97 Å². The molecule has 0 radical (unpaired) electrons. The summed E-state index contributed by atoms with van der Waals surface area (Å²) < 4.78 is 5.15. The summed E-state index contributed by atoms with van der Waals surface area (Å²) in [4.78, 5) is 15.6. The molecule has 0 bridgehead atoms. The maximum Gasteiger partial charge on any atom is 0.308 e. The highest BCUT2D eigenvalue weighted by Gasteiger charge is 2.24. The Morgan fingerprint density at radius 1 is 1.35 bits per heavy atom. The predicted molar refractivity (Wildman–Crippen MR) is 74.3 cm³/mol. The van der Waals surface area contributed by atoms with E-state index >= 15 is 0 Å². The number of fused-ring (bicyclic) bond motifs is 1. The van der Waals surface area contributed by atoms with Gasteiger partial charge in [0, 0.05) is 29.6 Å². The first-order valence-corrected chi connectivity index (χ1v) is 6.22. The summed E-state index contributed by atoms with van der Waals surface area (Å²) in [7, 11) is 3.32. The van der Waals surface area contributed by atoms with Crippen LogP contribution >= 0.6 is 0 Å². The SMILES string of the molecule is CC(=O)Oc1cccc2[nH]cc(C(O)C(O)N(C)C)c12. The van der Waals surface area contributed by atoms with Gasteiger partial charge in [-0.15, -0.1) is 0 Å². The average molecular weight is 278 g/mol. The molecule has 0 aliphatic heterocycles. The largest absolute Gasteiger partial charge is 0.426 e. The van der Waals surface area contributed by atoms with Gasteiger partial charge in [-0.1, -0.05) is 6.07 Å². The van der Waals surface area contributed by atoms with Crippen LogP contribution in [0.2, 0.25) is 0 Å². The Hall–Kier alpha value is -1.89. The van der Waals surface area contributed by atoms with Crippen molar-refractivity contribution in [3.63, 3.8) is 0 Å². The Bertz CT molecular complexity index is 621. The lowest BCUT2D eigenvalue weighted by Gasteiger charge is -2.23. The Morgan fingerprint density at radius 3 is 2.65 bits per heavy atom. The first kappa shape index (κ1) is 14.5. The molecule has 0 spiro atoms. The molecule has 2 rings (SSSR count). The fraction of sp³-hybridized carbons (Fsp3) is 0.357. The molecule has 2 aromatic rings. The zero-order valence-corrected chi connectivity index (χ0v) is 11.6. The standard InChI is InChI=1S/C14H18N2O4/c1-8(17)20-11-6-4-5-10-12(11)9(7-15-10)13(18)14(19)16(2)3/h4-7,13-15,18-19H,1-3H3. The number of H-pyrrole nitrogens is 1. The number of carbonyl (C=O) groups is 1. The monoisotopic (exact) mass is 278 g/mol. The first-order chi connectivity index (χ1) is 9.41. The van der Waals surface area contributed by atoms with Crippen LogP contribution in [-0.4, -0.2) is 46.4 Å². The molecular formula is C14H18N2O4. The van der Waals surface area contributed by atoms with Crippen molar-refractivity contribution in [2.75, 3.05) is 14.1 Å². The van der Waals surface area contributed by atoms with Gasteiger partial charge in [-0.3, -0.25) is 9.69 Å². The molecule has 0 aliphatic carbocycles. The van der Waals surface area contributed by atoms with Crippen molar-refractivity contribution in [2.24, 2.45) is 0 Å². The van der Waals surface area contributed by atoms with Gasteiger partial charge in [-0.05, 0) is 26.2 Å². The quantitative estimate of drug-likeness (QED) is 0.441. The highest BCUT2D eigenvalue weighted by atomic mass is 16.5. The minimum absolute atomic E-state index is 0.358. The fourth-order valence-electron chi connectivity index (χ4n) is 2.09. The van der Waals surface area contributed by atoms with Crippen molar-refractivity contribution >= 4 is 16.9 Å². The number of benzene rings is 1. The van der Waals surface area contributed by atoms with E-state index in [2.05, 4.69) is 4.98 Å². The summed E-state index contributed by atoms with van der Waals surface area (Å²) in [6, 6.07) is 5.20. The van der Waals surface area contributed by atoms with Crippen LogP contribution in [0.1, 0.15) is 18.6 Å². The number of aliphatic hydroxyl groups is 2. The molecule has 1 aromatic carbocycles. The second kappa shape index (κ2) is 5.62. The van der Waals surface area contributed by atoms with Crippen LogP contribution in [-0.2, 0) is 4.79 Å². The van der Waals surface area contributed by atoms with Crippen molar-refractivity contribution in [1.82, 2.24) is 9.88 Å². The molecule has 108 valence electrons. The lowest BCUT2D eigenvalue weighted by atomic mass is 10.1. The number of hydrogen-bond acceptors (Lipinski definition) is 5. The molecule has 2 unspecified atom stereocenters. The second-order valence-corrected chi connectivity index (χ2v) is 4.84. The van der Waals surface area contributed by atoms with E-state index in [9.17, 15) is 15.0 Å². The lowest BCUT2D eigenvalue weighted by molar-refractivity contribution is -0.131. The first-order valence-electron chi connectivity index (χ1n) is 6.22. The number of likely N-dealkylation sites (N-methyl/N-ethyl adjacent to an activating group) is 1. The van der Waals surface area contributed by atoms with Gasteiger partial charge in [0.1, 0.15) is 18.1 Å². The average Bonchev–Trinajstić information content (AvgIpc) is 2.81. The Balaban J connectivity index is 2.51. The van der Waals surface area contributed by atoms with Crippen LogP contribution in [0.5, 0.6) is 5.75 Å². The van der Waals surface area contributed by atoms with Crippen LogP contribution in [0.15, 0.2) is 24.4 Å². The molecule has 6 heteroatoms. The molecule has 3 N–H and O–H groups in total. The van der Waals surface area contributed by atoms with E-state index in [-0.39, 0.29) is 0 Å². The van der Waals surface area contributed by atoms with E-state index in [1.807, 2.05) is 0 Å². The second-order valence-electron chi connectivity index (χ2n) is 4.84. The van der Waals surface area contributed by atoms with Crippen LogP contribution in [0.3, 0.4) is 0 Å². The van der Waals surface area contributed by atoms with Gasteiger partial charge in [0.05, 0.1) is 0 Å². The molecule has 2 atom stereocenters. The normalized spacial score (nSPS) is 14.5. The number of aromatic nitrogens is 1. The molecule has 1 heterocycles. The molecule has 0 fully saturated rings. The summed E-state index contributed by atoms with van der Waals surface area (Å²) in [5.41, 5.74) is 1.21. The van der Waals surface area contributed by atoms with Gasteiger partial charge < -0.3 is 19.9 Å². The topological polar surface area (TPSA) is 85.8 Å². The van der Waals surface area contributed by atoms with Crippen LogP contribution in [0, 0.1) is 0 Å². The summed E-state index contributed by atoms with van der Waals surface area (Å²) in [6.07, 6.45) is -0.565. The third-order valence-corrected chi connectivity index (χ3v) is 3.08. The fourth-order valence-corrected chi connectivity index (χ4v) is 2.09. The molecule has 6 nitrogen and oxygen atoms in total. The highest BCUT2D eigenvalue weighted by molar-refractivity contribution is 5.91. The van der Waals surface area contributed by atoms with E-state index < -0.39 is 18.3 Å². The van der Waals surface area contributed by atoms with Gasteiger partial charge in [0.25, 0.3) is 0 Å². The van der Waals surface area contributed by atoms with Gasteiger partial charge in [0.2, 0.25) is 0 Å². The van der Waals surface area contributed by atoms with Gasteiger partial charge in [-0.25, -0.2) is 0 Å². The van der Waals surface area contributed by atoms with Crippen LogP contribution < -0.4 is 4.74 Å². The number of nitrogens with one attached hydrogen (secondary N) is 1. The minimum atomic E-state index is -1.12. The Labute approximate surface area is 116 Å². The third-order valence-electron chi connectivity index (χ3n) is 3.08. The van der Waals surface area contributed by atoms with Crippen molar-refractivity contribution in [3.8, 4) is 5.75 Å². The van der Waals surface area contributed by atoms with Crippen molar-refractivity contribution in [3.05, 3.63) is 30.0 Å². The van der Waals surface area contributed by atoms with E-state index in [4.69, 9.17) is 4.74 Å². The number of rotatable bonds is 4. The smallest absolute Gasteiger partial charge is 0.308 e. The summed E-state index contributed by atoms with van der Waals surface area (Å²) in [5.74, 6) is -0.0800. The van der Waals surface area contributed by atoms with Gasteiger partial charge in [-0.2, -0.15) is 0 Å².